The average molecular weight is 375 g/mol. The van der Waals surface area contributed by atoms with Gasteiger partial charge in [0.1, 0.15) is 12.2 Å². The number of aromatic nitrogens is 3. The Morgan fingerprint density at radius 2 is 1.68 bits per heavy atom. The number of para-hydroxylation sites is 1. The maximum atomic E-state index is 11.5. The fourth-order valence-electron chi connectivity index (χ4n) is 3.33. The first-order chi connectivity index (χ1) is 13.5. The van der Waals surface area contributed by atoms with Crippen LogP contribution in [0, 0.1) is 0 Å². The molecule has 4 rings (SSSR count). The molecule has 0 saturated carbocycles. The molecule has 0 saturated heterocycles. The smallest absolute Gasteiger partial charge is 0.354 e. The second-order valence-corrected chi connectivity index (χ2v) is 6.44. The zero-order chi connectivity index (χ0) is 19.7. The Morgan fingerprint density at radius 3 is 2.39 bits per heavy atom. The minimum absolute atomic E-state index is 0.155. The lowest BCUT2D eigenvalue weighted by Crippen LogP contribution is -2.15. The molecule has 0 aliphatic carbocycles. The van der Waals surface area contributed by atoms with Crippen LogP contribution in [0.3, 0.4) is 0 Å². The molecule has 7 heteroatoms. The lowest BCUT2D eigenvalue weighted by molar-refractivity contribution is -0.137. The zero-order valence-electron chi connectivity index (χ0n) is 14.8. The number of carboxylic acid groups (broad SMARTS) is 2. The van der Waals surface area contributed by atoms with Crippen LogP contribution >= 0.6 is 0 Å². The molecule has 0 unspecified atom stereocenters. The number of hydrogen-bond donors (Lipinski definition) is 2. The summed E-state index contributed by atoms with van der Waals surface area (Å²) in [6, 6.07) is 19.2. The Labute approximate surface area is 160 Å². The van der Waals surface area contributed by atoms with Crippen LogP contribution in [-0.4, -0.2) is 36.5 Å². The molecule has 0 atom stereocenters. The van der Waals surface area contributed by atoms with Crippen LogP contribution in [0.15, 0.2) is 66.9 Å². The monoisotopic (exact) mass is 375 g/mol. The molecule has 0 spiro atoms. The molecule has 140 valence electrons. The van der Waals surface area contributed by atoms with Crippen LogP contribution in [0.4, 0.5) is 0 Å². The van der Waals surface area contributed by atoms with E-state index in [0.717, 1.165) is 26.7 Å². The molecule has 2 aromatic heterocycles. The molecule has 4 aromatic rings. The van der Waals surface area contributed by atoms with Crippen molar-refractivity contribution in [2.75, 3.05) is 0 Å². The Hall–Kier alpha value is -3.87. The van der Waals surface area contributed by atoms with E-state index in [4.69, 9.17) is 5.11 Å². The highest BCUT2D eigenvalue weighted by Gasteiger charge is 2.20. The van der Waals surface area contributed by atoms with E-state index < -0.39 is 18.5 Å². The second kappa shape index (κ2) is 7.03. The fraction of sp³-hybridized carbons (Fsp3) is 0.0952. The van der Waals surface area contributed by atoms with E-state index in [9.17, 15) is 14.7 Å². The first-order valence-electron chi connectivity index (χ1n) is 8.68. The summed E-state index contributed by atoms with van der Waals surface area (Å²) >= 11 is 0. The average Bonchev–Trinajstić information content (AvgIpc) is 3.24. The number of carbonyl (C=O) groups is 2. The predicted octanol–water partition coefficient (Wildman–Crippen LogP) is 3.34. The van der Waals surface area contributed by atoms with Gasteiger partial charge in [-0.3, -0.25) is 4.79 Å². The van der Waals surface area contributed by atoms with Crippen LogP contribution in [0.25, 0.3) is 22.2 Å². The third-order valence-electron chi connectivity index (χ3n) is 4.54. The van der Waals surface area contributed by atoms with E-state index >= 15 is 0 Å². The highest BCUT2D eigenvalue weighted by atomic mass is 16.4. The topological polar surface area (TPSA) is 97.4 Å². The van der Waals surface area contributed by atoms with Crippen LogP contribution in [0.1, 0.15) is 16.1 Å². The first-order valence-corrected chi connectivity index (χ1v) is 8.68. The van der Waals surface area contributed by atoms with E-state index in [1.54, 1.807) is 0 Å². The van der Waals surface area contributed by atoms with Gasteiger partial charge in [-0.15, -0.1) is 0 Å². The van der Waals surface area contributed by atoms with Gasteiger partial charge in [-0.2, -0.15) is 5.10 Å². The third-order valence-corrected chi connectivity index (χ3v) is 4.54. The zero-order valence-corrected chi connectivity index (χ0v) is 14.8. The van der Waals surface area contributed by atoms with Crippen molar-refractivity contribution >= 4 is 22.8 Å². The third kappa shape index (κ3) is 3.25. The highest BCUT2D eigenvalue weighted by molar-refractivity contribution is 5.96. The highest BCUT2D eigenvalue weighted by Crippen LogP contribution is 2.31. The van der Waals surface area contributed by atoms with Crippen LogP contribution in [0.5, 0.6) is 0 Å². The molecular weight excluding hydrogens is 358 g/mol. The van der Waals surface area contributed by atoms with Crippen molar-refractivity contribution in [3.05, 3.63) is 78.1 Å². The van der Waals surface area contributed by atoms with Crippen molar-refractivity contribution in [2.24, 2.45) is 0 Å². The van der Waals surface area contributed by atoms with E-state index in [-0.39, 0.29) is 5.69 Å². The van der Waals surface area contributed by atoms with E-state index in [1.165, 1.54) is 6.07 Å². The Kier molecular flexibility index (Phi) is 4.41. The Balaban J connectivity index is 1.83. The number of carboxylic acids is 2. The van der Waals surface area contributed by atoms with Crippen molar-refractivity contribution in [2.45, 2.75) is 13.1 Å². The number of fused-ring (bicyclic) bond motifs is 1. The summed E-state index contributed by atoms with van der Waals surface area (Å²) in [5.74, 6) is -2.36. The lowest BCUT2D eigenvalue weighted by Gasteiger charge is -2.05. The molecule has 0 bridgehead atoms. The molecule has 2 aromatic carbocycles. The van der Waals surface area contributed by atoms with Crippen LogP contribution in [-0.2, 0) is 17.9 Å². The molecule has 28 heavy (non-hydrogen) atoms. The standard InChI is InChI=1S/C21H17N3O4/c25-20(26)13-24-19(21(27)28)10-17(22-24)16-12-23(11-14-6-2-1-3-7-14)18-9-5-4-8-15(16)18/h1-10,12H,11,13H2,(H,25,26)(H,27,28). The minimum Gasteiger partial charge on any atom is -0.480 e. The van der Waals surface area contributed by atoms with Crippen LogP contribution < -0.4 is 0 Å². The Bertz CT molecular complexity index is 1180. The summed E-state index contributed by atoms with van der Waals surface area (Å²) in [6.07, 6.45) is 1.93. The van der Waals surface area contributed by atoms with Gasteiger partial charge in [-0.05, 0) is 17.7 Å². The van der Waals surface area contributed by atoms with Crippen molar-refractivity contribution in [1.82, 2.24) is 14.3 Å². The van der Waals surface area contributed by atoms with Gasteiger partial charge in [0.25, 0.3) is 0 Å². The summed E-state index contributed by atoms with van der Waals surface area (Å²) in [6.45, 7) is 0.146. The molecule has 0 aliphatic heterocycles. The van der Waals surface area contributed by atoms with E-state index in [2.05, 4.69) is 9.67 Å². The van der Waals surface area contributed by atoms with E-state index in [0.29, 0.717) is 12.2 Å². The second-order valence-electron chi connectivity index (χ2n) is 6.44. The largest absolute Gasteiger partial charge is 0.480 e. The minimum atomic E-state index is -1.21. The molecule has 7 nitrogen and oxygen atoms in total. The van der Waals surface area contributed by atoms with Crippen molar-refractivity contribution in [3.63, 3.8) is 0 Å². The first kappa shape index (κ1) is 17.5. The summed E-state index contributed by atoms with van der Waals surface area (Å²) in [5.41, 5.74) is 3.17. The van der Waals surface area contributed by atoms with Gasteiger partial charge >= 0.3 is 11.9 Å². The van der Waals surface area contributed by atoms with Gasteiger partial charge in [0.05, 0.1) is 5.69 Å². The van der Waals surface area contributed by atoms with Gasteiger partial charge < -0.3 is 14.8 Å². The molecule has 2 N–H and O–H groups in total. The normalized spacial score (nSPS) is 11.0. The maximum absolute atomic E-state index is 11.5. The molecular formula is C21H17N3O4. The Morgan fingerprint density at radius 1 is 0.964 bits per heavy atom. The van der Waals surface area contributed by atoms with Gasteiger partial charge in [-0.1, -0.05) is 48.5 Å². The molecule has 0 aliphatic rings. The fourth-order valence-corrected chi connectivity index (χ4v) is 3.33. The maximum Gasteiger partial charge on any atom is 0.354 e. The summed E-state index contributed by atoms with van der Waals surface area (Å²) in [7, 11) is 0. The van der Waals surface area contributed by atoms with Crippen molar-refractivity contribution < 1.29 is 19.8 Å². The molecule has 0 radical (unpaired) electrons. The lowest BCUT2D eigenvalue weighted by atomic mass is 10.1. The molecule has 0 amide bonds. The number of aromatic carboxylic acids is 1. The van der Waals surface area contributed by atoms with Gasteiger partial charge in [-0.25, -0.2) is 9.48 Å². The van der Waals surface area contributed by atoms with Gasteiger partial charge in [0.2, 0.25) is 0 Å². The summed E-state index contributed by atoms with van der Waals surface area (Å²) in [4.78, 5) is 22.6. The van der Waals surface area contributed by atoms with E-state index in [1.807, 2.05) is 60.8 Å². The quantitative estimate of drug-likeness (QED) is 0.539. The number of nitrogens with zero attached hydrogens (tertiary/aromatic N) is 3. The number of benzene rings is 2. The summed E-state index contributed by atoms with van der Waals surface area (Å²) < 4.78 is 3.08. The van der Waals surface area contributed by atoms with Crippen molar-refractivity contribution in [3.8, 4) is 11.3 Å². The number of hydrogen-bond acceptors (Lipinski definition) is 3. The van der Waals surface area contributed by atoms with Gasteiger partial charge in [0.15, 0.2) is 0 Å². The number of aliphatic carboxylic acids is 1. The van der Waals surface area contributed by atoms with Gasteiger partial charge in [0, 0.05) is 29.2 Å². The predicted molar refractivity (Wildman–Crippen MR) is 103 cm³/mol. The van der Waals surface area contributed by atoms with Crippen molar-refractivity contribution in [1.29, 1.82) is 0 Å². The molecule has 2 heterocycles. The SMILES string of the molecule is O=C(O)Cn1nc(-c2cn(Cc3ccccc3)c3ccccc23)cc1C(=O)O. The number of rotatable bonds is 6. The van der Waals surface area contributed by atoms with Crippen LogP contribution in [0.2, 0.25) is 0 Å². The summed E-state index contributed by atoms with van der Waals surface area (Å²) in [5, 5.41) is 23.6. The molecule has 0 fully saturated rings.